The van der Waals surface area contributed by atoms with Crippen molar-refractivity contribution >= 4 is 11.4 Å². The average Bonchev–Trinajstić information content (AvgIpc) is 3.81. The maximum atomic E-state index is 4.41. The fraction of sp³-hybridized carbons (Fsp3) is 0.711. The zero-order valence-electron chi connectivity index (χ0n) is 28.6. The molecule has 0 radical (unpaired) electrons. The van der Waals surface area contributed by atoms with E-state index in [-0.39, 0.29) is 0 Å². The summed E-state index contributed by atoms with van der Waals surface area (Å²) < 4.78 is 0. The van der Waals surface area contributed by atoms with Crippen molar-refractivity contribution in [3.05, 3.63) is 53.9 Å². The lowest BCUT2D eigenvalue weighted by Crippen LogP contribution is -2.35. The molecule has 4 heteroatoms. The van der Waals surface area contributed by atoms with Gasteiger partial charge in [-0.05, 0) is 135 Å². The van der Waals surface area contributed by atoms with Crippen LogP contribution in [0.3, 0.4) is 0 Å². The second-order valence-electron chi connectivity index (χ2n) is 14.1. The summed E-state index contributed by atoms with van der Waals surface area (Å²) in [6, 6.07) is 15.0. The molecule has 1 aromatic heterocycles. The van der Waals surface area contributed by atoms with Gasteiger partial charge in [-0.2, -0.15) is 0 Å². The minimum Gasteiger partial charge on any atom is -0.369 e. The Kier molecular flexibility index (Phi) is 14.7. The summed E-state index contributed by atoms with van der Waals surface area (Å²) in [5.74, 6) is 2.06. The molecular formula is C38H64N4. The summed E-state index contributed by atoms with van der Waals surface area (Å²) in [6.07, 6.45) is 15.6. The first-order valence-corrected chi connectivity index (χ1v) is 17.5. The molecule has 0 unspecified atom stereocenters. The molecule has 6 rings (SSSR count). The molecule has 0 atom stereocenters. The zero-order chi connectivity index (χ0) is 30.5. The largest absolute Gasteiger partial charge is 0.369 e. The summed E-state index contributed by atoms with van der Waals surface area (Å²) in [4.78, 5) is 11.9. The predicted octanol–water partition coefficient (Wildman–Crippen LogP) is 9.41. The molecule has 0 spiro atoms. The zero-order valence-corrected chi connectivity index (χ0v) is 28.6. The van der Waals surface area contributed by atoms with Crippen molar-refractivity contribution in [2.75, 3.05) is 36.0 Å². The smallest absolute Gasteiger partial charge is 0.0637 e. The molecule has 42 heavy (non-hydrogen) atoms. The highest BCUT2D eigenvalue weighted by Crippen LogP contribution is 2.34. The van der Waals surface area contributed by atoms with Gasteiger partial charge in [-0.3, -0.25) is 4.98 Å². The SMILES string of the molecule is CC(C)CC1CC1.CC(C)N1CCCCC1.CC(C)N1CCCc2ccccc21.CC(C)N1CCCc2ncccc21. The first-order chi connectivity index (χ1) is 20.2. The number of likely N-dealkylation sites (tertiary alicyclic amines) is 1. The molecule has 236 valence electrons. The second-order valence-corrected chi connectivity index (χ2v) is 14.1. The van der Waals surface area contributed by atoms with Crippen molar-refractivity contribution in [2.45, 2.75) is 138 Å². The third-order valence-corrected chi connectivity index (χ3v) is 9.00. The minimum absolute atomic E-state index is 0.586. The molecule has 4 heterocycles. The molecule has 2 aromatic rings. The minimum atomic E-state index is 0.586. The third-order valence-electron chi connectivity index (χ3n) is 9.00. The Morgan fingerprint density at radius 3 is 1.79 bits per heavy atom. The summed E-state index contributed by atoms with van der Waals surface area (Å²) in [6.45, 7) is 23.2. The topological polar surface area (TPSA) is 22.6 Å². The van der Waals surface area contributed by atoms with Crippen LogP contribution in [0.25, 0.3) is 0 Å². The number of piperidine rings is 1. The van der Waals surface area contributed by atoms with E-state index in [1.807, 2.05) is 12.3 Å². The molecule has 4 aliphatic rings. The van der Waals surface area contributed by atoms with Gasteiger partial charge in [0.25, 0.3) is 0 Å². The number of nitrogens with zero attached hydrogens (tertiary/aromatic N) is 4. The van der Waals surface area contributed by atoms with Crippen molar-refractivity contribution in [1.29, 1.82) is 0 Å². The predicted molar refractivity (Wildman–Crippen MR) is 185 cm³/mol. The highest BCUT2D eigenvalue weighted by atomic mass is 15.2. The second kappa shape index (κ2) is 17.9. The van der Waals surface area contributed by atoms with Crippen LogP contribution in [0.4, 0.5) is 11.4 Å². The van der Waals surface area contributed by atoms with Crippen LogP contribution in [0.5, 0.6) is 0 Å². The standard InChI is InChI=1S/C12H17N.C11H16N2.C8H17N.C7H14/c1-10(2)13-9-5-7-11-6-3-4-8-12(11)13;1-9(2)13-8-4-5-10-11(13)6-3-7-12-10;1-8(2)9-6-4-3-5-7-9;1-6(2)5-7-3-4-7/h3-4,6,8,10H,5,7,9H2,1-2H3;3,6-7,9H,4-5,8H2,1-2H3;8H,3-7H2,1-2H3;6-7H,3-5H2,1-2H3. The van der Waals surface area contributed by atoms with Crippen LogP contribution < -0.4 is 9.80 Å². The number of pyridine rings is 1. The van der Waals surface area contributed by atoms with Crippen molar-refractivity contribution < 1.29 is 0 Å². The molecule has 1 aromatic carbocycles. The first-order valence-electron chi connectivity index (χ1n) is 17.5. The maximum Gasteiger partial charge on any atom is 0.0637 e. The molecule has 1 saturated carbocycles. The average molecular weight is 577 g/mol. The number of fused-ring (bicyclic) bond motifs is 2. The Balaban J connectivity index is 0.000000158. The lowest BCUT2D eigenvalue weighted by atomic mass is 10.0. The Morgan fingerprint density at radius 2 is 1.24 bits per heavy atom. The summed E-state index contributed by atoms with van der Waals surface area (Å²) >= 11 is 0. The van der Waals surface area contributed by atoms with Gasteiger partial charge in [-0.1, -0.05) is 51.3 Å². The van der Waals surface area contributed by atoms with Crippen molar-refractivity contribution in [3.63, 3.8) is 0 Å². The monoisotopic (exact) mass is 577 g/mol. The number of anilines is 2. The van der Waals surface area contributed by atoms with E-state index in [0.717, 1.165) is 24.3 Å². The van der Waals surface area contributed by atoms with E-state index < -0.39 is 0 Å². The Hall–Kier alpha value is -2.07. The lowest BCUT2D eigenvalue weighted by molar-refractivity contribution is 0.185. The van der Waals surface area contributed by atoms with Gasteiger partial charge >= 0.3 is 0 Å². The number of hydrogen-bond donors (Lipinski definition) is 0. The van der Waals surface area contributed by atoms with Gasteiger partial charge in [-0.15, -0.1) is 0 Å². The van der Waals surface area contributed by atoms with E-state index in [1.54, 1.807) is 0 Å². The number of benzene rings is 1. The Labute approximate surface area is 260 Å². The van der Waals surface area contributed by atoms with Crippen LogP contribution in [0.15, 0.2) is 42.6 Å². The van der Waals surface area contributed by atoms with Crippen molar-refractivity contribution in [2.24, 2.45) is 11.8 Å². The highest BCUT2D eigenvalue weighted by Gasteiger charge is 2.22. The molecule has 0 N–H and O–H groups in total. The summed E-state index contributed by atoms with van der Waals surface area (Å²) in [7, 11) is 0. The van der Waals surface area contributed by atoms with E-state index in [9.17, 15) is 0 Å². The van der Waals surface area contributed by atoms with Gasteiger partial charge in [0, 0.05) is 43.1 Å². The van der Waals surface area contributed by atoms with Crippen LogP contribution in [0.1, 0.15) is 118 Å². The fourth-order valence-electron chi connectivity index (χ4n) is 6.51. The number of aryl methyl sites for hydroxylation is 2. The maximum absolute atomic E-state index is 4.41. The van der Waals surface area contributed by atoms with E-state index in [1.165, 1.54) is 107 Å². The quantitative estimate of drug-likeness (QED) is 0.354. The van der Waals surface area contributed by atoms with Gasteiger partial charge in [0.15, 0.2) is 0 Å². The van der Waals surface area contributed by atoms with E-state index in [4.69, 9.17) is 0 Å². The molecule has 2 fully saturated rings. The van der Waals surface area contributed by atoms with Gasteiger partial charge in [0.1, 0.15) is 0 Å². The lowest BCUT2D eigenvalue weighted by Gasteiger charge is -2.34. The fourth-order valence-corrected chi connectivity index (χ4v) is 6.51. The normalized spacial score (nSPS) is 18.4. The number of aromatic nitrogens is 1. The molecule has 1 saturated heterocycles. The molecular weight excluding hydrogens is 512 g/mol. The molecule has 0 amide bonds. The summed E-state index contributed by atoms with van der Waals surface area (Å²) in [5, 5.41) is 0. The van der Waals surface area contributed by atoms with Gasteiger partial charge in [-0.25, -0.2) is 0 Å². The molecule has 3 aliphatic heterocycles. The van der Waals surface area contributed by atoms with Crippen molar-refractivity contribution in [3.8, 4) is 0 Å². The summed E-state index contributed by atoms with van der Waals surface area (Å²) in [5.41, 5.74) is 5.57. The van der Waals surface area contributed by atoms with E-state index in [0.29, 0.717) is 12.1 Å². The van der Waals surface area contributed by atoms with Crippen LogP contribution in [-0.4, -0.2) is 54.2 Å². The number of para-hydroxylation sites is 1. The molecule has 0 bridgehead atoms. The highest BCUT2D eigenvalue weighted by molar-refractivity contribution is 5.56. The first kappa shape index (κ1) is 34.4. The van der Waals surface area contributed by atoms with Crippen LogP contribution in [-0.2, 0) is 12.8 Å². The molecule has 1 aliphatic carbocycles. The molecule has 4 nitrogen and oxygen atoms in total. The third kappa shape index (κ3) is 11.5. The van der Waals surface area contributed by atoms with Crippen LogP contribution in [0.2, 0.25) is 0 Å². The number of hydrogen-bond acceptors (Lipinski definition) is 4. The van der Waals surface area contributed by atoms with E-state index >= 15 is 0 Å². The number of rotatable bonds is 5. The van der Waals surface area contributed by atoms with Gasteiger partial charge in [0.2, 0.25) is 0 Å². The Morgan fingerprint density at radius 1 is 0.643 bits per heavy atom. The Bertz CT molecular complexity index is 942. The van der Waals surface area contributed by atoms with Crippen LogP contribution >= 0.6 is 0 Å². The van der Waals surface area contributed by atoms with Crippen molar-refractivity contribution in [1.82, 2.24) is 9.88 Å². The van der Waals surface area contributed by atoms with Crippen LogP contribution in [0, 0.1) is 11.8 Å². The van der Waals surface area contributed by atoms with E-state index in [2.05, 4.69) is 105 Å². The van der Waals surface area contributed by atoms with Gasteiger partial charge in [0.05, 0.1) is 11.4 Å². The van der Waals surface area contributed by atoms with Gasteiger partial charge < -0.3 is 14.7 Å².